The van der Waals surface area contributed by atoms with Crippen molar-refractivity contribution in [3.63, 3.8) is 0 Å². The molecule has 2 aliphatic rings. The Morgan fingerprint density at radius 3 is 2.74 bits per heavy atom. The Morgan fingerprint density at radius 2 is 2.00 bits per heavy atom. The van der Waals surface area contributed by atoms with Gasteiger partial charge in [-0.05, 0) is 31.0 Å². The maximum absolute atomic E-state index is 13.5. The number of hydrogen-bond acceptors (Lipinski definition) is 5. The topological polar surface area (TPSA) is 54.9 Å². The van der Waals surface area contributed by atoms with Crippen LogP contribution in [0.25, 0.3) is 0 Å². The van der Waals surface area contributed by atoms with E-state index in [-0.39, 0.29) is 5.91 Å². The highest BCUT2D eigenvalue weighted by Crippen LogP contribution is 2.33. The molecule has 142 valence electrons. The Morgan fingerprint density at radius 1 is 1.22 bits per heavy atom. The van der Waals surface area contributed by atoms with Crippen molar-refractivity contribution < 1.29 is 14.3 Å². The number of ether oxygens (including phenoxy) is 2. The Balaban J connectivity index is 1.62. The molecule has 6 heteroatoms. The maximum Gasteiger partial charge on any atom is 0.258 e. The molecule has 0 radical (unpaired) electrons. The minimum atomic E-state index is 0.0398. The largest absolute Gasteiger partial charge is 0.496 e. The number of carbonyl (C=O) groups is 1. The third kappa shape index (κ3) is 3.90. The molecule has 0 bridgehead atoms. The molecule has 1 aliphatic heterocycles. The second kappa shape index (κ2) is 7.96. The van der Waals surface area contributed by atoms with Gasteiger partial charge >= 0.3 is 0 Å². The summed E-state index contributed by atoms with van der Waals surface area (Å²) in [4.78, 5) is 22.1. The van der Waals surface area contributed by atoms with E-state index in [2.05, 4.69) is 9.88 Å². The molecule has 2 fully saturated rings. The number of morpholine rings is 1. The second-order valence-corrected chi connectivity index (χ2v) is 6.95. The number of nitrogens with zero attached hydrogens (tertiary/aromatic N) is 3. The molecule has 4 rings (SSSR count). The quantitative estimate of drug-likeness (QED) is 0.786. The van der Waals surface area contributed by atoms with Crippen LogP contribution in [-0.4, -0.2) is 55.2 Å². The third-order valence-electron chi connectivity index (χ3n) is 5.11. The van der Waals surface area contributed by atoms with E-state index in [1.54, 1.807) is 13.3 Å². The monoisotopic (exact) mass is 367 g/mol. The molecule has 0 unspecified atom stereocenters. The van der Waals surface area contributed by atoms with Crippen LogP contribution in [0.2, 0.25) is 0 Å². The lowest BCUT2D eigenvalue weighted by Crippen LogP contribution is -2.39. The van der Waals surface area contributed by atoms with Crippen LogP contribution >= 0.6 is 0 Å². The van der Waals surface area contributed by atoms with Gasteiger partial charge in [-0.1, -0.05) is 18.2 Å². The predicted molar refractivity (Wildman–Crippen MR) is 103 cm³/mol. The van der Waals surface area contributed by atoms with Crippen LogP contribution in [0.3, 0.4) is 0 Å². The van der Waals surface area contributed by atoms with Crippen LogP contribution in [-0.2, 0) is 11.3 Å². The molecule has 1 saturated carbocycles. The Labute approximate surface area is 159 Å². The molecule has 6 nitrogen and oxygen atoms in total. The first-order valence-corrected chi connectivity index (χ1v) is 9.48. The summed E-state index contributed by atoms with van der Waals surface area (Å²) in [6, 6.07) is 11.9. The summed E-state index contributed by atoms with van der Waals surface area (Å²) in [5, 5.41) is 0. The van der Waals surface area contributed by atoms with Gasteiger partial charge in [-0.25, -0.2) is 4.98 Å². The van der Waals surface area contributed by atoms with Gasteiger partial charge in [-0.3, -0.25) is 4.79 Å². The summed E-state index contributed by atoms with van der Waals surface area (Å²) in [6.45, 7) is 3.39. The molecule has 1 aromatic carbocycles. The lowest BCUT2D eigenvalue weighted by atomic mass is 10.1. The SMILES string of the molecule is COc1ccccc1CN(C(=O)c1cccnc1N1CCOCC1)C1CC1. The highest BCUT2D eigenvalue weighted by Gasteiger charge is 2.35. The molecule has 2 aromatic rings. The van der Waals surface area contributed by atoms with E-state index in [4.69, 9.17) is 9.47 Å². The molecule has 0 spiro atoms. The van der Waals surface area contributed by atoms with Gasteiger partial charge in [-0.15, -0.1) is 0 Å². The number of amides is 1. The lowest BCUT2D eigenvalue weighted by molar-refractivity contribution is 0.0727. The molecule has 0 atom stereocenters. The Hall–Kier alpha value is -2.60. The minimum Gasteiger partial charge on any atom is -0.496 e. The van der Waals surface area contributed by atoms with E-state index in [1.807, 2.05) is 41.3 Å². The van der Waals surface area contributed by atoms with E-state index in [1.165, 1.54) is 0 Å². The van der Waals surface area contributed by atoms with Crippen LogP contribution < -0.4 is 9.64 Å². The summed E-state index contributed by atoms with van der Waals surface area (Å²) >= 11 is 0. The number of para-hydroxylation sites is 1. The van der Waals surface area contributed by atoms with Crippen molar-refractivity contribution in [2.45, 2.75) is 25.4 Å². The van der Waals surface area contributed by atoms with Gasteiger partial charge in [0.15, 0.2) is 0 Å². The van der Waals surface area contributed by atoms with Crippen LogP contribution in [0, 0.1) is 0 Å². The Bertz CT molecular complexity index is 801. The van der Waals surface area contributed by atoms with Crippen LogP contribution in [0.5, 0.6) is 5.75 Å². The number of benzene rings is 1. The van der Waals surface area contributed by atoms with Gasteiger partial charge in [0, 0.05) is 37.4 Å². The molecule has 0 N–H and O–H groups in total. The Kier molecular flexibility index (Phi) is 5.25. The third-order valence-corrected chi connectivity index (χ3v) is 5.11. The fourth-order valence-corrected chi connectivity index (χ4v) is 3.52. The normalized spacial score (nSPS) is 16.9. The minimum absolute atomic E-state index is 0.0398. The van der Waals surface area contributed by atoms with Crippen LogP contribution in [0.4, 0.5) is 5.82 Å². The molecule has 1 amide bonds. The van der Waals surface area contributed by atoms with Gasteiger partial charge in [0.05, 0.1) is 25.9 Å². The molecule has 1 saturated heterocycles. The first-order valence-electron chi connectivity index (χ1n) is 9.48. The highest BCUT2D eigenvalue weighted by molar-refractivity contribution is 5.99. The molecule has 1 aromatic heterocycles. The van der Waals surface area contributed by atoms with Crippen molar-refractivity contribution in [2.24, 2.45) is 0 Å². The molecule has 27 heavy (non-hydrogen) atoms. The first-order chi connectivity index (χ1) is 13.3. The molecular formula is C21H25N3O3. The number of rotatable bonds is 6. The van der Waals surface area contributed by atoms with Gasteiger partial charge in [-0.2, -0.15) is 0 Å². The fraction of sp³-hybridized carbons (Fsp3) is 0.429. The number of pyridine rings is 1. The first kappa shape index (κ1) is 17.8. The lowest BCUT2D eigenvalue weighted by Gasteiger charge is -2.30. The number of anilines is 1. The van der Waals surface area contributed by atoms with E-state index < -0.39 is 0 Å². The predicted octanol–water partition coefficient (Wildman–Crippen LogP) is 2.73. The van der Waals surface area contributed by atoms with Gasteiger partial charge in [0.1, 0.15) is 11.6 Å². The summed E-state index contributed by atoms with van der Waals surface area (Å²) in [6.07, 6.45) is 3.85. The van der Waals surface area contributed by atoms with Gasteiger partial charge in [0.2, 0.25) is 0 Å². The van der Waals surface area contributed by atoms with E-state index in [9.17, 15) is 4.79 Å². The zero-order chi connectivity index (χ0) is 18.6. The van der Waals surface area contributed by atoms with Crippen molar-refractivity contribution in [2.75, 3.05) is 38.3 Å². The zero-order valence-corrected chi connectivity index (χ0v) is 15.6. The summed E-state index contributed by atoms with van der Waals surface area (Å²) < 4.78 is 10.9. The molecule has 2 heterocycles. The fourth-order valence-electron chi connectivity index (χ4n) is 3.52. The van der Waals surface area contributed by atoms with Crippen molar-refractivity contribution in [3.05, 3.63) is 53.7 Å². The van der Waals surface area contributed by atoms with Crippen LogP contribution in [0.15, 0.2) is 42.6 Å². The second-order valence-electron chi connectivity index (χ2n) is 6.95. The van der Waals surface area contributed by atoms with Crippen molar-refractivity contribution in [1.82, 2.24) is 9.88 Å². The standard InChI is InChI=1S/C21H25N3O3/c1-26-19-7-3-2-5-16(19)15-24(17-8-9-17)21(25)18-6-4-10-22-20(18)23-11-13-27-14-12-23/h2-7,10,17H,8-9,11-15H2,1H3. The smallest absolute Gasteiger partial charge is 0.258 e. The average Bonchev–Trinajstić information content (AvgIpc) is 3.57. The van der Waals surface area contributed by atoms with Crippen molar-refractivity contribution in [3.8, 4) is 5.75 Å². The summed E-state index contributed by atoms with van der Waals surface area (Å²) in [7, 11) is 1.67. The van der Waals surface area contributed by atoms with Gasteiger partial charge in [0.25, 0.3) is 5.91 Å². The van der Waals surface area contributed by atoms with E-state index in [0.29, 0.717) is 31.4 Å². The zero-order valence-electron chi connectivity index (χ0n) is 15.6. The summed E-state index contributed by atoms with van der Waals surface area (Å²) in [5.74, 6) is 1.62. The average molecular weight is 367 g/mol. The maximum atomic E-state index is 13.5. The number of methoxy groups -OCH3 is 1. The highest BCUT2D eigenvalue weighted by atomic mass is 16.5. The van der Waals surface area contributed by atoms with E-state index >= 15 is 0 Å². The van der Waals surface area contributed by atoms with Crippen molar-refractivity contribution in [1.29, 1.82) is 0 Å². The summed E-state index contributed by atoms with van der Waals surface area (Å²) in [5.41, 5.74) is 1.69. The van der Waals surface area contributed by atoms with Crippen molar-refractivity contribution >= 4 is 11.7 Å². The number of carbonyl (C=O) groups excluding carboxylic acids is 1. The van der Waals surface area contributed by atoms with E-state index in [0.717, 1.165) is 43.1 Å². The molecular weight excluding hydrogens is 342 g/mol. The number of aromatic nitrogens is 1. The number of hydrogen-bond donors (Lipinski definition) is 0. The van der Waals surface area contributed by atoms with Crippen LogP contribution in [0.1, 0.15) is 28.8 Å². The molecule has 1 aliphatic carbocycles. The van der Waals surface area contributed by atoms with Gasteiger partial charge < -0.3 is 19.3 Å².